The molecule has 0 spiro atoms. The zero-order chi connectivity index (χ0) is 13.2. The Morgan fingerprint density at radius 1 is 1.17 bits per heavy atom. The maximum absolute atomic E-state index is 12.0. The summed E-state index contributed by atoms with van der Waals surface area (Å²) in [5, 5.41) is 0.776. The summed E-state index contributed by atoms with van der Waals surface area (Å²) in [4.78, 5) is 0. The molecule has 0 radical (unpaired) electrons. The molecule has 6 heteroatoms. The van der Waals surface area contributed by atoms with Crippen LogP contribution in [-0.4, -0.2) is 14.5 Å². The summed E-state index contributed by atoms with van der Waals surface area (Å²) < 4.78 is 26.8. The van der Waals surface area contributed by atoms with E-state index in [1.54, 1.807) is 18.2 Å². The number of hydrogen-bond acceptors (Lipinski definition) is 2. The molecule has 0 aromatic heterocycles. The van der Waals surface area contributed by atoms with E-state index >= 15 is 0 Å². The summed E-state index contributed by atoms with van der Waals surface area (Å²) in [5.41, 5.74) is 0.464. The fraction of sp³-hybridized carbons (Fsp3) is 0.500. The van der Waals surface area contributed by atoms with Crippen LogP contribution in [0.15, 0.2) is 18.2 Å². The molecule has 100 valence electrons. The Labute approximate surface area is 118 Å². The first-order valence-electron chi connectivity index (χ1n) is 5.91. The van der Waals surface area contributed by atoms with Crippen molar-refractivity contribution < 1.29 is 8.42 Å². The topological polar surface area (TPSA) is 46.2 Å². The first-order chi connectivity index (χ1) is 8.48. The molecule has 0 amide bonds. The number of hydrogen-bond donors (Lipinski definition) is 1. The van der Waals surface area contributed by atoms with Gasteiger partial charge >= 0.3 is 0 Å². The fourth-order valence-electron chi connectivity index (χ4n) is 2.20. The van der Waals surface area contributed by atoms with E-state index in [0.29, 0.717) is 15.6 Å². The van der Waals surface area contributed by atoms with Gasteiger partial charge in [-0.1, -0.05) is 42.1 Å². The molecule has 3 nitrogen and oxygen atoms in total. The summed E-state index contributed by atoms with van der Waals surface area (Å²) in [5.74, 6) is -0.165. The highest BCUT2D eigenvalue weighted by molar-refractivity contribution is 7.88. The Hall–Kier alpha value is -0.290. The summed E-state index contributed by atoms with van der Waals surface area (Å²) in [6.45, 7) is 0. The van der Waals surface area contributed by atoms with Crippen molar-refractivity contribution in [2.45, 2.75) is 37.5 Å². The first kappa shape index (κ1) is 14.1. The molecule has 1 N–H and O–H groups in total. The van der Waals surface area contributed by atoms with Crippen LogP contribution in [0.4, 0.5) is 0 Å². The van der Waals surface area contributed by atoms with Gasteiger partial charge < -0.3 is 0 Å². The molecular formula is C12H15Cl2NO2S. The Bertz CT molecular complexity index is 505. The molecule has 0 heterocycles. The van der Waals surface area contributed by atoms with E-state index in [1.165, 1.54) is 0 Å². The first-order valence-corrected chi connectivity index (χ1v) is 8.32. The standard InChI is InChI=1S/C12H15Cl2NO2S/c13-11-6-3-7-12(14)10(11)8-18(16,17)15-9-4-1-2-5-9/h3,6-7,9,15H,1-2,4-5,8H2. The van der Waals surface area contributed by atoms with Crippen LogP contribution in [0.25, 0.3) is 0 Å². The molecule has 0 bridgehead atoms. The van der Waals surface area contributed by atoms with E-state index in [9.17, 15) is 8.42 Å². The minimum atomic E-state index is -3.38. The molecule has 1 aromatic carbocycles. The number of rotatable bonds is 4. The van der Waals surface area contributed by atoms with Gasteiger partial charge in [-0.15, -0.1) is 0 Å². The minimum absolute atomic E-state index is 0.0660. The molecule has 0 aliphatic heterocycles. The van der Waals surface area contributed by atoms with Crippen LogP contribution in [0.2, 0.25) is 10.0 Å². The smallest absolute Gasteiger partial charge is 0.212 e. The van der Waals surface area contributed by atoms with E-state index in [1.807, 2.05) is 0 Å². The second-order valence-electron chi connectivity index (χ2n) is 4.56. The van der Waals surface area contributed by atoms with Crippen LogP contribution in [0.3, 0.4) is 0 Å². The van der Waals surface area contributed by atoms with Crippen LogP contribution in [0.1, 0.15) is 31.2 Å². The highest BCUT2D eigenvalue weighted by atomic mass is 35.5. The zero-order valence-electron chi connectivity index (χ0n) is 9.83. The second-order valence-corrected chi connectivity index (χ2v) is 7.13. The molecule has 0 saturated heterocycles. The van der Waals surface area contributed by atoms with Crippen molar-refractivity contribution in [3.05, 3.63) is 33.8 Å². The normalized spacial score (nSPS) is 17.2. The van der Waals surface area contributed by atoms with Gasteiger partial charge in [-0.3, -0.25) is 0 Å². The van der Waals surface area contributed by atoms with Crippen molar-refractivity contribution in [1.29, 1.82) is 0 Å². The quantitative estimate of drug-likeness (QED) is 0.927. The van der Waals surface area contributed by atoms with Crippen molar-refractivity contribution >= 4 is 33.2 Å². The molecule has 1 aromatic rings. The second kappa shape index (κ2) is 5.78. The largest absolute Gasteiger partial charge is 0.216 e. The third kappa shape index (κ3) is 3.60. The van der Waals surface area contributed by atoms with Crippen molar-refractivity contribution in [3.63, 3.8) is 0 Å². The van der Waals surface area contributed by atoms with Gasteiger partial charge in [0.15, 0.2) is 0 Å². The molecule has 2 rings (SSSR count). The van der Waals surface area contributed by atoms with E-state index in [-0.39, 0.29) is 11.8 Å². The average molecular weight is 308 g/mol. The lowest BCUT2D eigenvalue weighted by atomic mass is 10.2. The maximum Gasteiger partial charge on any atom is 0.216 e. The van der Waals surface area contributed by atoms with Crippen molar-refractivity contribution in [3.8, 4) is 0 Å². The van der Waals surface area contributed by atoms with Crippen LogP contribution in [-0.2, 0) is 15.8 Å². The van der Waals surface area contributed by atoms with Gasteiger partial charge in [0, 0.05) is 21.7 Å². The third-order valence-electron chi connectivity index (χ3n) is 3.10. The summed E-state index contributed by atoms with van der Waals surface area (Å²) in [6, 6.07) is 5.06. The lowest BCUT2D eigenvalue weighted by molar-refractivity contribution is 0.551. The number of benzene rings is 1. The minimum Gasteiger partial charge on any atom is -0.212 e. The van der Waals surface area contributed by atoms with Gasteiger partial charge in [0.1, 0.15) is 0 Å². The van der Waals surface area contributed by atoms with Gasteiger partial charge in [0.25, 0.3) is 0 Å². The molecular weight excluding hydrogens is 293 g/mol. The number of halogens is 2. The van der Waals surface area contributed by atoms with Crippen LogP contribution < -0.4 is 4.72 Å². The van der Waals surface area contributed by atoms with Gasteiger partial charge in [0.2, 0.25) is 10.0 Å². The summed E-state index contributed by atoms with van der Waals surface area (Å²) >= 11 is 12.0. The van der Waals surface area contributed by atoms with E-state index < -0.39 is 10.0 Å². The van der Waals surface area contributed by atoms with E-state index in [0.717, 1.165) is 25.7 Å². The Morgan fingerprint density at radius 3 is 2.28 bits per heavy atom. The average Bonchev–Trinajstić information content (AvgIpc) is 2.75. The Morgan fingerprint density at radius 2 is 1.72 bits per heavy atom. The third-order valence-corrected chi connectivity index (χ3v) is 5.17. The molecule has 1 aliphatic rings. The van der Waals surface area contributed by atoms with Gasteiger partial charge in [-0.2, -0.15) is 0 Å². The molecule has 1 saturated carbocycles. The predicted octanol–water partition coefficient (Wildman–Crippen LogP) is 3.36. The van der Waals surface area contributed by atoms with E-state index in [2.05, 4.69) is 4.72 Å². The summed E-state index contributed by atoms with van der Waals surface area (Å²) in [7, 11) is -3.38. The molecule has 1 aliphatic carbocycles. The van der Waals surface area contributed by atoms with Gasteiger partial charge in [0.05, 0.1) is 5.75 Å². The molecule has 0 unspecified atom stereocenters. The molecule has 0 atom stereocenters. The fourth-order valence-corrected chi connectivity index (χ4v) is 4.41. The number of sulfonamides is 1. The number of nitrogens with one attached hydrogen (secondary N) is 1. The highest BCUT2D eigenvalue weighted by Crippen LogP contribution is 2.26. The van der Waals surface area contributed by atoms with Crippen LogP contribution >= 0.6 is 23.2 Å². The monoisotopic (exact) mass is 307 g/mol. The van der Waals surface area contributed by atoms with Gasteiger partial charge in [-0.05, 0) is 25.0 Å². The van der Waals surface area contributed by atoms with Crippen molar-refractivity contribution in [2.24, 2.45) is 0 Å². The van der Waals surface area contributed by atoms with Gasteiger partial charge in [-0.25, -0.2) is 13.1 Å². The molecule has 1 fully saturated rings. The van der Waals surface area contributed by atoms with E-state index in [4.69, 9.17) is 23.2 Å². The Balaban J connectivity index is 2.12. The molecule has 18 heavy (non-hydrogen) atoms. The Kier molecular flexibility index (Phi) is 4.54. The van der Waals surface area contributed by atoms with Crippen molar-refractivity contribution in [2.75, 3.05) is 0 Å². The lowest BCUT2D eigenvalue weighted by Crippen LogP contribution is -2.33. The zero-order valence-corrected chi connectivity index (χ0v) is 12.2. The predicted molar refractivity (Wildman–Crippen MR) is 74.5 cm³/mol. The highest BCUT2D eigenvalue weighted by Gasteiger charge is 2.23. The van der Waals surface area contributed by atoms with Crippen LogP contribution in [0.5, 0.6) is 0 Å². The lowest BCUT2D eigenvalue weighted by Gasteiger charge is -2.13. The maximum atomic E-state index is 12.0. The summed E-state index contributed by atoms with van der Waals surface area (Å²) in [6.07, 6.45) is 3.99. The SMILES string of the molecule is O=S(=O)(Cc1c(Cl)cccc1Cl)NC1CCCC1. The van der Waals surface area contributed by atoms with Crippen LogP contribution in [0, 0.1) is 0 Å². The van der Waals surface area contributed by atoms with Crippen molar-refractivity contribution in [1.82, 2.24) is 4.72 Å².